The van der Waals surface area contributed by atoms with E-state index in [1.165, 1.54) is 40.5 Å². The highest BCUT2D eigenvalue weighted by atomic mass is 127. The summed E-state index contributed by atoms with van der Waals surface area (Å²) in [4.78, 5) is 6.92. The van der Waals surface area contributed by atoms with Crippen LogP contribution in [0.1, 0.15) is 6.42 Å². The van der Waals surface area contributed by atoms with Gasteiger partial charge in [0.1, 0.15) is 0 Å². The van der Waals surface area contributed by atoms with Crippen LogP contribution in [0.4, 0.5) is 0 Å². The van der Waals surface area contributed by atoms with Crippen molar-refractivity contribution < 1.29 is 0 Å². The lowest BCUT2D eigenvalue weighted by atomic mass is 10.4. The molecule has 0 bridgehead atoms. The van der Waals surface area contributed by atoms with Crippen LogP contribution < -0.4 is 0 Å². The minimum absolute atomic E-state index is 1.15. The zero-order valence-electron chi connectivity index (χ0n) is 9.06. The maximum absolute atomic E-state index is 4.39. The summed E-state index contributed by atoms with van der Waals surface area (Å²) in [7, 11) is 0. The molecule has 0 atom stereocenters. The lowest BCUT2D eigenvalue weighted by Gasteiger charge is -2.12. The smallest absolute Gasteiger partial charge is 0.0960 e. The van der Waals surface area contributed by atoms with Gasteiger partial charge in [0.05, 0.1) is 5.03 Å². The summed E-state index contributed by atoms with van der Waals surface area (Å²) in [6.45, 7) is 2.52. The molecular weight excluding hydrogens is 351 g/mol. The first-order valence-electron chi connectivity index (χ1n) is 5.39. The molecule has 88 valence electrons. The standard InChI is InChI=1S/C11H15IN2S2/c12-10-2-3-11(13-8-10)16-6-1-4-14-5-7-15-9-14/h2-3,8H,1,4-7,9H2. The normalized spacial score (nSPS) is 16.8. The van der Waals surface area contributed by atoms with Gasteiger partial charge in [0.15, 0.2) is 0 Å². The predicted molar refractivity (Wildman–Crippen MR) is 81.2 cm³/mol. The summed E-state index contributed by atoms with van der Waals surface area (Å²) in [5, 5.41) is 1.15. The maximum atomic E-state index is 4.39. The molecular formula is C11H15IN2S2. The number of pyridine rings is 1. The molecule has 0 N–H and O–H groups in total. The van der Waals surface area contributed by atoms with E-state index in [0.29, 0.717) is 0 Å². The van der Waals surface area contributed by atoms with E-state index >= 15 is 0 Å². The van der Waals surface area contributed by atoms with E-state index in [0.717, 1.165) is 5.03 Å². The fraction of sp³-hybridized carbons (Fsp3) is 0.545. The molecule has 0 unspecified atom stereocenters. The Morgan fingerprint density at radius 3 is 3.12 bits per heavy atom. The van der Waals surface area contributed by atoms with Gasteiger partial charge in [-0.3, -0.25) is 4.90 Å². The summed E-state index contributed by atoms with van der Waals surface area (Å²) >= 11 is 6.20. The lowest BCUT2D eigenvalue weighted by Crippen LogP contribution is -2.20. The van der Waals surface area contributed by atoms with Crippen LogP contribution >= 0.6 is 46.1 Å². The largest absolute Gasteiger partial charge is 0.293 e. The summed E-state index contributed by atoms with van der Waals surface area (Å²) in [6, 6.07) is 4.23. The number of nitrogens with zero attached hydrogens (tertiary/aromatic N) is 2. The molecule has 1 fully saturated rings. The third kappa shape index (κ3) is 4.43. The zero-order valence-corrected chi connectivity index (χ0v) is 12.9. The molecule has 16 heavy (non-hydrogen) atoms. The molecule has 2 nitrogen and oxygen atoms in total. The molecule has 0 spiro atoms. The molecule has 1 aromatic heterocycles. The van der Waals surface area contributed by atoms with Crippen LogP contribution in [0.15, 0.2) is 23.4 Å². The third-order valence-corrected chi connectivity index (χ3v) is 5.08. The van der Waals surface area contributed by atoms with Crippen molar-refractivity contribution in [3.63, 3.8) is 0 Å². The Labute approximate surface area is 119 Å². The van der Waals surface area contributed by atoms with Crippen LogP contribution in [0.3, 0.4) is 0 Å². The molecule has 0 aromatic carbocycles. The van der Waals surface area contributed by atoms with Crippen molar-refractivity contribution in [1.82, 2.24) is 9.88 Å². The summed E-state index contributed by atoms with van der Waals surface area (Å²) < 4.78 is 1.20. The second-order valence-electron chi connectivity index (χ2n) is 3.67. The fourth-order valence-electron chi connectivity index (χ4n) is 1.54. The molecule has 0 amide bonds. The van der Waals surface area contributed by atoms with Crippen molar-refractivity contribution >= 4 is 46.1 Å². The van der Waals surface area contributed by atoms with E-state index in [1.807, 2.05) is 29.7 Å². The molecule has 0 aliphatic carbocycles. The van der Waals surface area contributed by atoms with Crippen LogP contribution in [0.2, 0.25) is 0 Å². The number of halogens is 1. The van der Waals surface area contributed by atoms with E-state index in [1.54, 1.807) is 0 Å². The van der Waals surface area contributed by atoms with E-state index in [9.17, 15) is 0 Å². The van der Waals surface area contributed by atoms with Crippen molar-refractivity contribution in [2.45, 2.75) is 11.4 Å². The highest BCUT2D eigenvalue weighted by molar-refractivity contribution is 14.1. The van der Waals surface area contributed by atoms with Gasteiger partial charge in [0, 0.05) is 33.7 Å². The van der Waals surface area contributed by atoms with Gasteiger partial charge in [0.2, 0.25) is 0 Å². The average molecular weight is 366 g/mol. The van der Waals surface area contributed by atoms with Crippen LogP contribution in [0, 0.1) is 3.57 Å². The average Bonchev–Trinajstić information content (AvgIpc) is 2.80. The molecule has 2 heterocycles. The molecule has 5 heteroatoms. The number of thioether (sulfide) groups is 2. The Balaban J connectivity index is 1.62. The van der Waals surface area contributed by atoms with Crippen LogP contribution in [0.25, 0.3) is 0 Å². The highest BCUT2D eigenvalue weighted by Crippen LogP contribution is 2.18. The molecule has 0 saturated carbocycles. The van der Waals surface area contributed by atoms with Gasteiger partial charge in [-0.25, -0.2) is 4.98 Å². The summed E-state index contributed by atoms with van der Waals surface area (Å²) in [5.74, 6) is 3.72. The van der Waals surface area contributed by atoms with Crippen molar-refractivity contribution in [3.05, 3.63) is 21.9 Å². The van der Waals surface area contributed by atoms with Gasteiger partial charge in [-0.2, -0.15) is 0 Å². The quantitative estimate of drug-likeness (QED) is 0.452. The Morgan fingerprint density at radius 2 is 2.44 bits per heavy atom. The minimum Gasteiger partial charge on any atom is -0.293 e. The summed E-state index contributed by atoms with van der Waals surface area (Å²) in [5.41, 5.74) is 0. The van der Waals surface area contributed by atoms with E-state index in [2.05, 4.69) is 44.6 Å². The van der Waals surface area contributed by atoms with Crippen LogP contribution in [-0.2, 0) is 0 Å². The third-order valence-electron chi connectivity index (χ3n) is 2.39. The van der Waals surface area contributed by atoms with E-state index in [4.69, 9.17) is 0 Å². The number of hydrogen-bond donors (Lipinski definition) is 0. The maximum Gasteiger partial charge on any atom is 0.0960 e. The zero-order chi connectivity index (χ0) is 11.2. The van der Waals surface area contributed by atoms with Crippen molar-refractivity contribution in [3.8, 4) is 0 Å². The fourth-order valence-corrected chi connectivity index (χ4v) is 3.67. The van der Waals surface area contributed by atoms with Gasteiger partial charge < -0.3 is 0 Å². The predicted octanol–water partition coefficient (Wildman–Crippen LogP) is 3.17. The molecule has 1 aliphatic rings. The first-order chi connectivity index (χ1) is 7.84. The topological polar surface area (TPSA) is 16.1 Å². The number of hydrogen-bond acceptors (Lipinski definition) is 4. The van der Waals surface area contributed by atoms with Crippen molar-refractivity contribution in [2.24, 2.45) is 0 Å². The number of aromatic nitrogens is 1. The van der Waals surface area contributed by atoms with E-state index in [-0.39, 0.29) is 0 Å². The van der Waals surface area contributed by atoms with Crippen molar-refractivity contribution in [1.29, 1.82) is 0 Å². The monoisotopic (exact) mass is 366 g/mol. The van der Waals surface area contributed by atoms with Crippen LogP contribution in [0.5, 0.6) is 0 Å². The Morgan fingerprint density at radius 1 is 1.50 bits per heavy atom. The Hall–Kier alpha value is 0.540. The van der Waals surface area contributed by atoms with Gasteiger partial charge in [-0.15, -0.1) is 23.5 Å². The molecule has 0 radical (unpaired) electrons. The number of rotatable bonds is 5. The first kappa shape index (κ1) is 13.0. The molecule has 1 saturated heterocycles. The Kier molecular flexibility index (Phi) is 5.75. The lowest BCUT2D eigenvalue weighted by molar-refractivity contribution is 0.358. The van der Waals surface area contributed by atoms with Crippen molar-refractivity contribution in [2.75, 3.05) is 30.5 Å². The van der Waals surface area contributed by atoms with Gasteiger partial charge in [-0.1, -0.05) is 0 Å². The minimum atomic E-state index is 1.15. The molecule has 1 aromatic rings. The van der Waals surface area contributed by atoms with E-state index < -0.39 is 0 Å². The second kappa shape index (κ2) is 7.08. The van der Waals surface area contributed by atoms with Gasteiger partial charge in [-0.05, 0) is 47.7 Å². The van der Waals surface area contributed by atoms with Gasteiger partial charge >= 0.3 is 0 Å². The molecule has 1 aliphatic heterocycles. The first-order valence-corrected chi connectivity index (χ1v) is 8.61. The second-order valence-corrected chi connectivity index (χ2v) is 7.11. The van der Waals surface area contributed by atoms with Crippen LogP contribution in [-0.4, -0.2) is 40.4 Å². The highest BCUT2D eigenvalue weighted by Gasteiger charge is 2.10. The SMILES string of the molecule is Ic1ccc(SCCCN2CCSC2)nc1. The Bertz CT molecular complexity index is 312. The summed E-state index contributed by atoms with van der Waals surface area (Å²) in [6.07, 6.45) is 3.19. The van der Waals surface area contributed by atoms with Gasteiger partial charge in [0.25, 0.3) is 0 Å². The molecule has 2 rings (SSSR count).